The van der Waals surface area contributed by atoms with Crippen LogP contribution in [0.15, 0.2) is 36.4 Å². The first-order valence-electron chi connectivity index (χ1n) is 8.22. The van der Waals surface area contributed by atoms with Crippen molar-refractivity contribution in [3.05, 3.63) is 53.1 Å². The quantitative estimate of drug-likeness (QED) is 0.777. The Balaban J connectivity index is 2.39. The lowest BCUT2D eigenvalue weighted by Gasteiger charge is -2.20. The third-order valence-electron chi connectivity index (χ3n) is 4.03. The van der Waals surface area contributed by atoms with Gasteiger partial charge in [0.05, 0.1) is 7.11 Å². The van der Waals surface area contributed by atoms with Gasteiger partial charge < -0.3 is 15.8 Å². The highest BCUT2D eigenvalue weighted by Crippen LogP contribution is 2.37. The minimum absolute atomic E-state index is 0.149. The molecular formula is C20H26N2O2. The standard InChI is InChI=1S/C20H26N2O2/c1-12(2)17-10-16(11-18(13(3)4)19(17)24-5)22-20(23)14-6-8-15(21)9-7-14/h6-13H,21H2,1-5H3,(H,22,23). The first kappa shape index (κ1) is 17.9. The number of benzene rings is 2. The number of nitrogen functional groups attached to an aromatic ring is 1. The van der Waals surface area contributed by atoms with Crippen molar-refractivity contribution in [1.29, 1.82) is 0 Å². The van der Waals surface area contributed by atoms with Crippen molar-refractivity contribution in [2.45, 2.75) is 39.5 Å². The summed E-state index contributed by atoms with van der Waals surface area (Å²) < 4.78 is 5.63. The molecule has 2 aromatic rings. The molecule has 0 aromatic heterocycles. The summed E-state index contributed by atoms with van der Waals surface area (Å²) in [7, 11) is 1.69. The number of carbonyl (C=O) groups is 1. The predicted molar refractivity (Wildman–Crippen MR) is 100.0 cm³/mol. The lowest BCUT2D eigenvalue weighted by atomic mass is 9.93. The average molecular weight is 326 g/mol. The zero-order valence-corrected chi connectivity index (χ0v) is 15.0. The van der Waals surface area contributed by atoms with E-state index in [1.165, 1.54) is 0 Å². The van der Waals surface area contributed by atoms with Gasteiger partial charge in [-0.25, -0.2) is 0 Å². The molecule has 0 aliphatic heterocycles. The predicted octanol–water partition coefficient (Wildman–Crippen LogP) is 4.78. The van der Waals surface area contributed by atoms with E-state index in [2.05, 4.69) is 33.0 Å². The van der Waals surface area contributed by atoms with E-state index >= 15 is 0 Å². The topological polar surface area (TPSA) is 64.3 Å². The van der Waals surface area contributed by atoms with Crippen molar-refractivity contribution in [1.82, 2.24) is 0 Å². The first-order chi connectivity index (χ1) is 11.3. The van der Waals surface area contributed by atoms with Gasteiger partial charge in [-0.2, -0.15) is 0 Å². The molecule has 4 nitrogen and oxygen atoms in total. The fourth-order valence-electron chi connectivity index (χ4n) is 2.68. The van der Waals surface area contributed by atoms with E-state index in [-0.39, 0.29) is 5.91 Å². The SMILES string of the molecule is COc1c(C(C)C)cc(NC(=O)c2ccc(N)cc2)cc1C(C)C. The van der Waals surface area contributed by atoms with Gasteiger partial charge in [-0.15, -0.1) is 0 Å². The number of hydrogen-bond donors (Lipinski definition) is 2. The lowest BCUT2D eigenvalue weighted by molar-refractivity contribution is 0.102. The lowest BCUT2D eigenvalue weighted by Crippen LogP contribution is -2.13. The number of ether oxygens (including phenoxy) is 1. The Morgan fingerprint density at radius 2 is 1.50 bits per heavy atom. The molecule has 0 aliphatic carbocycles. The summed E-state index contributed by atoms with van der Waals surface area (Å²) in [4.78, 5) is 12.5. The minimum Gasteiger partial charge on any atom is -0.496 e. The molecule has 3 N–H and O–H groups in total. The Morgan fingerprint density at radius 3 is 1.92 bits per heavy atom. The van der Waals surface area contributed by atoms with Crippen molar-refractivity contribution in [2.24, 2.45) is 0 Å². The van der Waals surface area contributed by atoms with Gasteiger partial charge in [0.1, 0.15) is 5.75 Å². The second-order valence-corrected chi connectivity index (χ2v) is 6.57. The average Bonchev–Trinajstić information content (AvgIpc) is 2.54. The van der Waals surface area contributed by atoms with Gasteiger partial charge in [-0.3, -0.25) is 4.79 Å². The van der Waals surface area contributed by atoms with Crippen LogP contribution in [0.25, 0.3) is 0 Å². The second kappa shape index (κ2) is 7.39. The normalized spacial score (nSPS) is 11.0. The molecule has 2 rings (SSSR count). The van der Waals surface area contributed by atoms with Crippen LogP contribution in [0.2, 0.25) is 0 Å². The summed E-state index contributed by atoms with van der Waals surface area (Å²) in [5.41, 5.74) is 9.86. The Bertz CT molecular complexity index is 690. The molecule has 0 bridgehead atoms. The minimum atomic E-state index is -0.149. The monoisotopic (exact) mass is 326 g/mol. The largest absolute Gasteiger partial charge is 0.496 e. The molecule has 0 atom stereocenters. The van der Waals surface area contributed by atoms with Crippen LogP contribution in [0.5, 0.6) is 5.75 Å². The van der Waals surface area contributed by atoms with E-state index in [0.717, 1.165) is 22.6 Å². The molecule has 0 aliphatic rings. The van der Waals surface area contributed by atoms with Crippen LogP contribution in [0, 0.1) is 0 Å². The molecule has 0 saturated heterocycles. The molecule has 4 heteroatoms. The van der Waals surface area contributed by atoms with Crippen molar-refractivity contribution in [3.63, 3.8) is 0 Å². The Labute approximate surface area is 144 Å². The van der Waals surface area contributed by atoms with Crippen molar-refractivity contribution in [3.8, 4) is 5.75 Å². The van der Waals surface area contributed by atoms with Gasteiger partial charge in [0.15, 0.2) is 0 Å². The van der Waals surface area contributed by atoms with Gasteiger partial charge in [-0.05, 0) is 59.4 Å². The summed E-state index contributed by atoms with van der Waals surface area (Å²) in [6, 6.07) is 10.9. The maximum absolute atomic E-state index is 12.5. The van der Waals surface area contributed by atoms with Gasteiger partial charge in [0.2, 0.25) is 0 Å². The molecule has 0 fully saturated rings. The molecule has 2 aromatic carbocycles. The van der Waals surface area contributed by atoms with Crippen molar-refractivity contribution >= 4 is 17.3 Å². The summed E-state index contributed by atoms with van der Waals surface area (Å²) in [5, 5.41) is 2.98. The molecule has 0 spiro atoms. The van der Waals surface area contributed by atoms with E-state index in [9.17, 15) is 4.79 Å². The number of hydrogen-bond acceptors (Lipinski definition) is 3. The maximum atomic E-state index is 12.5. The van der Waals surface area contributed by atoms with Gasteiger partial charge >= 0.3 is 0 Å². The van der Waals surface area contributed by atoms with E-state index < -0.39 is 0 Å². The summed E-state index contributed by atoms with van der Waals surface area (Å²) in [6.45, 7) is 8.47. The van der Waals surface area contributed by atoms with Crippen LogP contribution in [-0.4, -0.2) is 13.0 Å². The number of rotatable bonds is 5. The molecular weight excluding hydrogens is 300 g/mol. The van der Waals surface area contributed by atoms with E-state index in [1.54, 1.807) is 31.4 Å². The van der Waals surface area contributed by atoms with Gasteiger partial charge in [0.25, 0.3) is 5.91 Å². The van der Waals surface area contributed by atoms with Crippen LogP contribution >= 0.6 is 0 Å². The van der Waals surface area contributed by atoms with Crippen LogP contribution in [0.1, 0.15) is 61.0 Å². The Hall–Kier alpha value is -2.49. The zero-order chi connectivity index (χ0) is 17.9. The molecule has 0 unspecified atom stereocenters. The van der Waals surface area contributed by atoms with Crippen LogP contribution in [0.4, 0.5) is 11.4 Å². The van der Waals surface area contributed by atoms with E-state index in [0.29, 0.717) is 23.1 Å². The third-order valence-corrected chi connectivity index (χ3v) is 4.03. The zero-order valence-electron chi connectivity index (χ0n) is 15.0. The molecule has 1 amide bonds. The number of carbonyl (C=O) groups excluding carboxylic acids is 1. The second-order valence-electron chi connectivity index (χ2n) is 6.57. The molecule has 0 saturated carbocycles. The number of nitrogens with two attached hydrogens (primary N) is 1. The Kier molecular flexibility index (Phi) is 5.50. The number of anilines is 2. The van der Waals surface area contributed by atoms with E-state index in [1.807, 2.05) is 12.1 Å². The van der Waals surface area contributed by atoms with Crippen LogP contribution in [0.3, 0.4) is 0 Å². The summed E-state index contributed by atoms with van der Waals surface area (Å²) >= 11 is 0. The summed E-state index contributed by atoms with van der Waals surface area (Å²) in [5.74, 6) is 1.35. The number of methoxy groups -OCH3 is 1. The highest BCUT2D eigenvalue weighted by atomic mass is 16.5. The fraction of sp³-hybridized carbons (Fsp3) is 0.350. The first-order valence-corrected chi connectivity index (χ1v) is 8.22. The highest BCUT2D eigenvalue weighted by molar-refractivity contribution is 6.04. The molecule has 24 heavy (non-hydrogen) atoms. The maximum Gasteiger partial charge on any atom is 0.255 e. The Morgan fingerprint density at radius 1 is 1.00 bits per heavy atom. The van der Waals surface area contributed by atoms with Gasteiger partial charge in [-0.1, -0.05) is 27.7 Å². The smallest absolute Gasteiger partial charge is 0.255 e. The van der Waals surface area contributed by atoms with Crippen LogP contribution < -0.4 is 15.8 Å². The third kappa shape index (κ3) is 3.88. The van der Waals surface area contributed by atoms with E-state index in [4.69, 9.17) is 10.5 Å². The molecule has 0 radical (unpaired) electrons. The highest BCUT2D eigenvalue weighted by Gasteiger charge is 2.17. The van der Waals surface area contributed by atoms with Gasteiger partial charge in [0, 0.05) is 16.9 Å². The summed E-state index contributed by atoms with van der Waals surface area (Å²) in [6.07, 6.45) is 0. The van der Waals surface area contributed by atoms with Crippen LogP contribution in [-0.2, 0) is 0 Å². The van der Waals surface area contributed by atoms with Crippen molar-refractivity contribution < 1.29 is 9.53 Å². The molecule has 0 heterocycles. The number of nitrogens with one attached hydrogen (secondary N) is 1. The number of amides is 1. The fourth-order valence-corrected chi connectivity index (χ4v) is 2.68. The molecule has 128 valence electrons. The van der Waals surface area contributed by atoms with Crippen molar-refractivity contribution in [2.75, 3.05) is 18.2 Å².